The molecule has 0 radical (unpaired) electrons. The Hall–Kier alpha value is -1.10. The minimum Gasteiger partial charge on any atom is -0.481 e. The summed E-state index contributed by atoms with van der Waals surface area (Å²) in [5.74, 6) is -1.30. The van der Waals surface area contributed by atoms with Gasteiger partial charge in [-0.15, -0.1) is 0 Å². The Labute approximate surface area is 140 Å². The molecule has 3 N–H and O–H groups in total. The van der Waals surface area contributed by atoms with Gasteiger partial charge >= 0.3 is 11.9 Å². The Morgan fingerprint density at radius 3 is 1.39 bits per heavy atom. The number of carboxylic acids is 2. The van der Waals surface area contributed by atoms with Gasteiger partial charge in [0.25, 0.3) is 0 Å². The normalized spacial score (nSPS) is 12.6. The number of hydrogen-bond donors (Lipinski definition) is 3. The van der Waals surface area contributed by atoms with Gasteiger partial charge in [-0.3, -0.25) is 9.59 Å². The molecule has 0 aromatic heterocycles. The summed E-state index contributed by atoms with van der Waals surface area (Å²) in [5, 5.41) is 27.6. The second kappa shape index (κ2) is 9.91. The van der Waals surface area contributed by atoms with E-state index in [1.165, 1.54) is 0 Å². The molecule has 0 aromatic rings. The smallest absolute Gasteiger partial charge is 0.309 e. The number of aliphatic hydroxyl groups excluding tert-OH is 1. The summed E-state index contributed by atoms with van der Waals surface area (Å²) in [4.78, 5) is 22.1. The highest BCUT2D eigenvalue weighted by molar-refractivity contribution is 5.73. The number of unbranched alkanes of at least 4 members (excludes halogenated alkanes) is 2. The van der Waals surface area contributed by atoms with Gasteiger partial charge in [0.05, 0.1) is 10.8 Å². The lowest BCUT2D eigenvalue weighted by molar-refractivity contribution is -0.148. The van der Waals surface area contributed by atoms with Crippen LogP contribution in [0.25, 0.3) is 0 Å². The lowest BCUT2D eigenvalue weighted by Crippen LogP contribution is -2.23. The molecule has 23 heavy (non-hydrogen) atoms. The van der Waals surface area contributed by atoms with Gasteiger partial charge in [-0.2, -0.15) is 0 Å². The van der Waals surface area contributed by atoms with Crippen molar-refractivity contribution in [2.24, 2.45) is 16.7 Å². The van der Waals surface area contributed by atoms with Gasteiger partial charge in [0.15, 0.2) is 0 Å². The van der Waals surface area contributed by atoms with Gasteiger partial charge in [-0.05, 0) is 59.3 Å². The number of aliphatic carboxylic acids is 2. The van der Waals surface area contributed by atoms with Crippen LogP contribution in [0, 0.1) is 16.7 Å². The van der Waals surface area contributed by atoms with Crippen LogP contribution in [0.1, 0.15) is 79.1 Å². The van der Waals surface area contributed by atoms with Gasteiger partial charge < -0.3 is 15.3 Å². The Balaban J connectivity index is 3.92. The summed E-state index contributed by atoms with van der Waals surface area (Å²) in [7, 11) is 0. The summed E-state index contributed by atoms with van der Waals surface area (Å²) in [6, 6.07) is 0. The largest absolute Gasteiger partial charge is 0.481 e. The van der Waals surface area contributed by atoms with Crippen molar-refractivity contribution in [2.75, 3.05) is 6.61 Å². The van der Waals surface area contributed by atoms with E-state index in [-0.39, 0.29) is 12.5 Å². The molecule has 0 rings (SSSR count). The van der Waals surface area contributed by atoms with Crippen molar-refractivity contribution in [3.05, 3.63) is 0 Å². The third-order valence-electron chi connectivity index (χ3n) is 4.74. The fourth-order valence-corrected chi connectivity index (χ4v) is 2.54. The van der Waals surface area contributed by atoms with Crippen molar-refractivity contribution in [2.45, 2.75) is 79.1 Å². The molecular weight excluding hydrogens is 296 g/mol. The maximum absolute atomic E-state index is 11.0. The minimum absolute atomic E-state index is 0.143. The highest BCUT2D eigenvalue weighted by Crippen LogP contribution is 2.27. The average molecular weight is 330 g/mol. The Morgan fingerprint density at radius 2 is 1.13 bits per heavy atom. The highest BCUT2D eigenvalue weighted by atomic mass is 16.4. The highest BCUT2D eigenvalue weighted by Gasteiger charge is 2.27. The molecule has 0 bridgehead atoms. The van der Waals surface area contributed by atoms with E-state index < -0.39 is 22.8 Å². The first-order valence-corrected chi connectivity index (χ1v) is 8.60. The fourth-order valence-electron chi connectivity index (χ4n) is 2.54. The van der Waals surface area contributed by atoms with E-state index in [0.29, 0.717) is 12.8 Å². The van der Waals surface area contributed by atoms with Gasteiger partial charge in [0, 0.05) is 6.61 Å². The van der Waals surface area contributed by atoms with E-state index in [9.17, 15) is 14.7 Å². The molecule has 0 saturated carbocycles. The molecule has 0 fully saturated rings. The van der Waals surface area contributed by atoms with E-state index in [4.69, 9.17) is 10.2 Å². The monoisotopic (exact) mass is 330 g/mol. The van der Waals surface area contributed by atoms with Crippen molar-refractivity contribution in [3.8, 4) is 0 Å². The Kier molecular flexibility index (Phi) is 9.44. The molecule has 0 saturated heterocycles. The van der Waals surface area contributed by atoms with Gasteiger partial charge in [-0.25, -0.2) is 0 Å². The number of aliphatic hydroxyl groups is 1. The predicted molar refractivity (Wildman–Crippen MR) is 90.3 cm³/mol. The zero-order valence-electron chi connectivity index (χ0n) is 15.1. The molecule has 5 nitrogen and oxygen atoms in total. The van der Waals surface area contributed by atoms with Crippen molar-refractivity contribution in [1.82, 2.24) is 0 Å². The fraction of sp³-hybridized carbons (Fsp3) is 0.889. The molecule has 0 unspecified atom stereocenters. The first-order valence-electron chi connectivity index (χ1n) is 8.60. The van der Waals surface area contributed by atoms with Crippen LogP contribution >= 0.6 is 0 Å². The minimum atomic E-state index is -0.766. The second-order valence-corrected chi connectivity index (χ2v) is 7.92. The Bertz CT molecular complexity index is 340. The number of rotatable bonds is 13. The Morgan fingerprint density at radius 1 is 0.783 bits per heavy atom. The lowest BCUT2D eigenvalue weighted by atomic mass is 9.85. The van der Waals surface area contributed by atoms with Crippen molar-refractivity contribution in [1.29, 1.82) is 0 Å². The number of hydrogen-bond acceptors (Lipinski definition) is 3. The number of carbonyl (C=O) groups is 2. The summed E-state index contributed by atoms with van der Waals surface area (Å²) >= 11 is 0. The topological polar surface area (TPSA) is 94.8 Å². The molecule has 0 aliphatic rings. The molecule has 136 valence electrons. The molecule has 0 aliphatic heterocycles. The quantitative estimate of drug-likeness (QED) is 0.445. The third-order valence-corrected chi connectivity index (χ3v) is 4.74. The summed E-state index contributed by atoms with van der Waals surface area (Å²) in [6.07, 6.45) is 6.62. The van der Waals surface area contributed by atoms with E-state index in [0.717, 1.165) is 38.5 Å². The second-order valence-electron chi connectivity index (χ2n) is 7.92. The van der Waals surface area contributed by atoms with E-state index in [1.54, 1.807) is 27.7 Å². The van der Waals surface area contributed by atoms with Gasteiger partial charge in [0.1, 0.15) is 0 Å². The van der Waals surface area contributed by atoms with Crippen molar-refractivity contribution >= 4 is 11.9 Å². The van der Waals surface area contributed by atoms with E-state index in [2.05, 4.69) is 0 Å². The molecule has 0 spiro atoms. The molecule has 0 aliphatic carbocycles. The van der Waals surface area contributed by atoms with Crippen molar-refractivity contribution in [3.63, 3.8) is 0 Å². The van der Waals surface area contributed by atoms with Crippen molar-refractivity contribution < 1.29 is 24.9 Å². The molecule has 0 amide bonds. The average Bonchev–Trinajstić information content (AvgIpc) is 2.45. The molecule has 0 heterocycles. The lowest BCUT2D eigenvalue weighted by Gasteiger charge is -2.21. The first kappa shape index (κ1) is 21.9. The zero-order chi connectivity index (χ0) is 18.1. The van der Waals surface area contributed by atoms with Crippen LogP contribution in [-0.2, 0) is 9.59 Å². The van der Waals surface area contributed by atoms with E-state index in [1.807, 2.05) is 0 Å². The zero-order valence-corrected chi connectivity index (χ0v) is 15.1. The van der Waals surface area contributed by atoms with Crippen LogP contribution < -0.4 is 0 Å². The van der Waals surface area contributed by atoms with Crippen LogP contribution in [0.2, 0.25) is 0 Å². The first-order chi connectivity index (χ1) is 10.5. The predicted octanol–water partition coefficient (Wildman–Crippen LogP) is 3.94. The van der Waals surface area contributed by atoms with Crippen LogP contribution in [0.4, 0.5) is 0 Å². The summed E-state index contributed by atoms with van der Waals surface area (Å²) in [6.45, 7) is 7.10. The maximum atomic E-state index is 11.0. The molecular formula is C18H34O5. The van der Waals surface area contributed by atoms with Crippen LogP contribution in [0.3, 0.4) is 0 Å². The number of carboxylic acid groups (broad SMARTS) is 2. The SMILES string of the molecule is CC(C)(CCCCC(CO)CCCCC(C)(C)C(=O)O)C(=O)O. The standard InChI is InChI=1S/C18H34O5/c1-17(2,15(20)21)11-7-5-9-14(13-19)10-6-8-12-18(3,4)16(22)23/h14,19H,5-13H2,1-4H3,(H,20,21)(H,22,23). The van der Waals surface area contributed by atoms with Gasteiger partial charge in [0.2, 0.25) is 0 Å². The van der Waals surface area contributed by atoms with Crippen LogP contribution in [0.15, 0.2) is 0 Å². The molecule has 0 aromatic carbocycles. The van der Waals surface area contributed by atoms with E-state index >= 15 is 0 Å². The third kappa shape index (κ3) is 8.94. The van der Waals surface area contributed by atoms with Gasteiger partial charge in [-0.1, -0.05) is 25.7 Å². The maximum Gasteiger partial charge on any atom is 0.309 e. The summed E-state index contributed by atoms with van der Waals surface area (Å²) in [5.41, 5.74) is -1.37. The molecule has 0 atom stereocenters. The summed E-state index contributed by atoms with van der Waals surface area (Å²) < 4.78 is 0. The van der Waals surface area contributed by atoms with Crippen LogP contribution in [0.5, 0.6) is 0 Å². The molecule has 5 heteroatoms. The van der Waals surface area contributed by atoms with Crippen LogP contribution in [-0.4, -0.2) is 33.9 Å².